The highest BCUT2D eigenvalue weighted by Gasteiger charge is 2.33. The van der Waals surface area contributed by atoms with Crippen LogP contribution in [0.2, 0.25) is 0 Å². The fourth-order valence-electron chi connectivity index (χ4n) is 1.81. The average molecular weight is 278 g/mol. The second-order valence-electron chi connectivity index (χ2n) is 5.93. The molecule has 0 unspecified atom stereocenters. The zero-order valence-corrected chi connectivity index (χ0v) is 12.4. The van der Waals surface area contributed by atoms with Crippen LogP contribution in [0.1, 0.15) is 26.3 Å². The maximum atomic E-state index is 12.1. The summed E-state index contributed by atoms with van der Waals surface area (Å²) in [4.78, 5) is 24.8. The number of carbonyl (C=O) groups is 2. The highest BCUT2D eigenvalue weighted by molar-refractivity contribution is 5.83. The van der Waals surface area contributed by atoms with Gasteiger partial charge in [-0.15, -0.1) is 0 Å². The van der Waals surface area contributed by atoms with Gasteiger partial charge >= 0.3 is 12.0 Å². The number of carboxylic acids is 1. The van der Waals surface area contributed by atoms with Gasteiger partial charge in [-0.05, 0) is 11.0 Å². The van der Waals surface area contributed by atoms with Gasteiger partial charge in [0.1, 0.15) is 6.04 Å². The standard InChI is InChI=1S/C15H22N2O3/c1-15(2,3)12(13(18)19)16-14(20)17(4)10-11-8-6-5-7-9-11/h5-9,12H,10H2,1-4H3,(H,16,20)(H,18,19)/t12-/m1/s1. The smallest absolute Gasteiger partial charge is 0.326 e. The Morgan fingerprint density at radius 2 is 1.80 bits per heavy atom. The Labute approximate surface area is 119 Å². The first-order valence-corrected chi connectivity index (χ1v) is 6.50. The third kappa shape index (κ3) is 4.57. The van der Waals surface area contributed by atoms with Crippen molar-refractivity contribution < 1.29 is 14.7 Å². The Morgan fingerprint density at radius 3 is 2.25 bits per heavy atom. The number of urea groups is 1. The molecule has 5 heteroatoms. The molecule has 0 saturated heterocycles. The molecular weight excluding hydrogens is 256 g/mol. The van der Waals surface area contributed by atoms with Crippen molar-refractivity contribution in [2.45, 2.75) is 33.4 Å². The molecule has 0 spiro atoms. The highest BCUT2D eigenvalue weighted by Crippen LogP contribution is 2.19. The van der Waals surface area contributed by atoms with E-state index in [0.717, 1.165) is 5.56 Å². The summed E-state index contributed by atoms with van der Waals surface area (Å²) in [6.07, 6.45) is 0. The molecule has 0 aromatic heterocycles. The molecule has 2 N–H and O–H groups in total. The normalized spacial score (nSPS) is 12.6. The van der Waals surface area contributed by atoms with Crippen LogP contribution >= 0.6 is 0 Å². The van der Waals surface area contributed by atoms with Crippen molar-refractivity contribution in [3.8, 4) is 0 Å². The van der Waals surface area contributed by atoms with Gasteiger partial charge in [0, 0.05) is 13.6 Å². The van der Waals surface area contributed by atoms with Crippen LogP contribution in [-0.2, 0) is 11.3 Å². The summed E-state index contributed by atoms with van der Waals surface area (Å²) in [6.45, 7) is 5.78. The van der Waals surface area contributed by atoms with Crippen molar-refractivity contribution in [1.82, 2.24) is 10.2 Å². The van der Waals surface area contributed by atoms with Crippen molar-refractivity contribution in [2.24, 2.45) is 5.41 Å². The molecule has 1 aromatic rings. The largest absolute Gasteiger partial charge is 0.480 e. The summed E-state index contributed by atoms with van der Waals surface area (Å²) in [6, 6.07) is 8.23. The molecule has 0 heterocycles. The molecule has 1 rings (SSSR count). The monoisotopic (exact) mass is 278 g/mol. The predicted molar refractivity (Wildman–Crippen MR) is 77.3 cm³/mol. The summed E-state index contributed by atoms with van der Waals surface area (Å²) in [5, 5.41) is 11.8. The fourth-order valence-corrected chi connectivity index (χ4v) is 1.81. The van der Waals surface area contributed by atoms with E-state index in [4.69, 9.17) is 0 Å². The van der Waals surface area contributed by atoms with Crippen molar-refractivity contribution >= 4 is 12.0 Å². The SMILES string of the molecule is CN(Cc1ccccc1)C(=O)N[C@H](C(=O)O)C(C)(C)C. The summed E-state index contributed by atoms with van der Waals surface area (Å²) < 4.78 is 0. The Morgan fingerprint density at radius 1 is 1.25 bits per heavy atom. The van der Waals surface area contributed by atoms with E-state index in [2.05, 4.69) is 5.32 Å². The van der Waals surface area contributed by atoms with Gasteiger partial charge in [-0.1, -0.05) is 51.1 Å². The number of hydrogen-bond donors (Lipinski definition) is 2. The van der Waals surface area contributed by atoms with E-state index in [9.17, 15) is 14.7 Å². The van der Waals surface area contributed by atoms with Crippen LogP contribution in [0.3, 0.4) is 0 Å². The van der Waals surface area contributed by atoms with Crippen LogP contribution in [0.4, 0.5) is 4.79 Å². The second-order valence-corrected chi connectivity index (χ2v) is 5.93. The Bertz CT molecular complexity index is 466. The first kappa shape index (κ1) is 16.0. The number of carbonyl (C=O) groups excluding carboxylic acids is 1. The average Bonchev–Trinajstić information content (AvgIpc) is 2.34. The molecule has 0 bridgehead atoms. The molecule has 2 amide bonds. The topological polar surface area (TPSA) is 69.6 Å². The minimum atomic E-state index is -1.03. The van der Waals surface area contributed by atoms with Crippen LogP contribution in [0.25, 0.3) is 0 Å². The van der Waals surface area contributed by atoms with Gasteiger partial charge in [-0.3, -0.25) is 0 Å². The summed E-state index contributed by atoms with van der Waals surface area (Å²) in [5.74, 6) is -1.03. The highest BCUT2D eigenvalue weighted by atomic mass is 16.4. The Hall–Kier alpha value is -2.04. The maximum Gasteiger partial charge on any atom is 0.326 e. The lowest BCUT2D eigenvalue weighted by molar-refractivity contribution is -0.142. The van der Waals surface area contributed by atoms with Gasteiger partial charge in [0.2, 0.25) is 0 Å². The number of rotatable bonds is 4. The van der Waals surface area contributed by atoms with Gasteiger partial charge in [0.05, 0.1) is 0 Å². The van der Waals surface area contributed by atoms with Crippen molar-refractivity contribution in [1.29, 1.82) is 0 Å². The van der Waals surface area contributed by atoms with Crippen molar-refractivity contribution in [2.75, 3.05) is 7.05 Å². The molecule has 0 aliphatic rings. The Balaban J connectivity index is 2.67. The van der Waals surface area contributed by atoms with Gasteiger partial charge < -0.3 is 15.3 Å². The number of hydrogen-bond acceptors (Lipinski definition) is 2. The minimum Gasteiger partial charge on any atom is -0.480 e. The minimum absolute atomic E-state index is 0.392. The Kier molecular flexibility index (Phi) is 5.13. The number of aliphatic carboxylic acids is 1. The molecule has 110 valence electrons. The first-order valence-electron chi connectivity index (χ1n) is 6.50. The molecule has 0 aliphatic carbocycles. The van der Waals surface area contributed by atoms with Crippen LogP contribution in [0, 0.1) is 5.41 Å². The second kappa shape index (κ2) is 6.41. The van der Waals surface area contributed by atoms with E-state index in [-0.39, 0.29) is 0 Å². The van der Waals surface area contributed by atoms with Crippen LogP contribution in [0.15, 0.2) is 30.3 Å². The molecule has 20 heavy (non-hydrogen) atoms. The van der Waals surface area contributed by atoms with Crippen LogP contribution < -0.4 is 5.32 Å². The third-order valence-corrected chi connectivity index (χ3v) is 2.99. The molecule has 0 radical (unpaired) electrons. The molecule has 0 aliphatic heterocycles. The predicted octanol–water partition coefficient (Wildman–Crippen LogP) is 2.33. The number of amides is 2. The summed E-state index contributed by atoms with van der Waals surface area (Å²) >= 11 is 0. The molecule has 1 atom stereocenters. The number of nitrogens with one attached hydrogen (secondary N) is 1. The zero-order chi connectivity index (χ0) is 15.3. The van der Waals surface area contributed by atoms with E-state index in [1.165, 1.54) is 4.90 Å². The van der Waals surface area contributed by atoms with Crippen LogP contribution in [-0.4, -0.2) is 35.1 Å². The van der Waals surface area contributed by atoms with E-state index in [1.54, 1.807) is 27.8 Å². The maximum absolute atomic E-state index is 12.1. The number of carboxylic acid groups (broad SMARTS) is 1. The molecule has 0 fully saturated rings. The lowest BCUT2D eigenvalue weighted by Gasteiger charge is -2.29. The van der Waals surface area contributed by atoms with Crippen molar-refractivity contribution in [3.63, 3.8) is 0 Å². The van der Waals surface area contributed by atoms with E-state index < -0.39 is 23.5 Å². The van der Waals surface area contributed by atoms with Gasteiger partial charge in [-0.2, -0.15) is 0 Å². The molecule has 0 saturated carbocycles. The lowest BCUT2D eigenvalue weighted by Crippen LogP contribution is -2.52. The lowest BCUT2D eigenvalue weighted by atomic mass is 9.87. The van der Waals surface area contributed by atoms with E-state index in [0.29, 0.717) is 6.54 Å². The number of nitrogens with zero attached hydrogens (tertiary/aromatic N) is 1. The van der Waals surface area contributed by atoms with Gasteiger partial charge in [0.15, 0.2) is 0 Å². The quantitative estimate of drug-likeness (QED) is 0.888. The number of benzene rings is 1. The van der Waals surface area contributed by atoms with Gasteiger partial charge in [-0.25, -0.2) is 9.59 Å². The first-order chi connectivity index (χ1) is 9.21. The fraction of sp³-hybridized carbons (Fsp3) is 0.467. The van der Waals surface area contributed by atoms with Crippen LogP contribution in [0.5, 0.6) is 0 Å². The molecular formula is C15H22N2O3. The van der Waals surface area contributed by atoms with E-state index >= 15 is 0 Å². The van der Waals surface area contributed by atoms with Gasteiger partial charge in [0.25, 0.3) is 0 Å². The molecule has 5 nitrogen and oxygen atoms in total. The zero-order valence-electron chi connectivity index (χ0n) is 12.4. The summed E-state index contributed by atoms with van der Waals surface area (Å²) in [7, 11) is 1.64. The third-order valence-electron chi connectivity index (χ3n) is 2.99. The van der Waals surface area contributed by atoms with Crippen molar-refractivity contribution in [3.05, 3.63) is 35.9 Å². The molecule has 1 aromatic carbocycles. The summed E-state index contributed by atoms with van der Waals surface area (Å²) in [5.41, 5.74) is 0.447. The van der Waals surface area contributed by atoms with E-state index in [1.807, 2.05) is 30.3 Å².